The number of rotatable bonds is 6. The van der Waals surface area contributed by atoms with Crippen LogP contribution in [0, 0.1) is 6.92 Å². The van der Waals surface area contributed by atoms with Crippen LogP contribution < -0.4 is 10.6 Å². The van der Waals surface area contributed by atoms with Gasteiger partial charge in [0.15, 0.2) is 11.8 Å². The molecule has 1 heterocycles. The molecule has 0 saturated heterocycles. The van der Waals surface area contributed by atoms with E-state index in [9.17, 15) is 0 Å². The molecule has 26 heavy (non-hydrogen) atoms. The topological polar surface area (TPSA) is 67.1 Å². The minimum Gasteiger partial charge on any atom is -0.349 e. The third kappa shape index (κ3) is 4.92. The number of benzene rings is 2. The van der Waals surface area contributed by atoms with Crippen LogP contribution in [0.3, 0.4) is 0 Å². The monoisotopic (exact) mass is 348 g/mol. The van der Waals surface area contributed by atoms with E-state index in [-0.39, 0.29) is 0 Å². The lowest BCUT2D eigenvalue weighted by molar-refractivity contribution is 0.677. The first-order valence-corrected chi connectivity index (χ1v) is 8.77. The maximum absolute atomic E-state index is 4.71. The Morgan fingerprint density at radius 1 is 1.08 bits per heavy atom. The van der Waals surface area contributed by atoms with Crippen molar-refractivity contribution in [2.24, 2.45) is 4.99 Å². The minimum absolute atomic E-state index is 0.556. The highest BCUT2D eigenvalue weighted by molar-refractivity contribution is 5.93. The van der Waals surface area contributed by atoms with Crippen LogP contribution in [0.5, 0.6) is 0 Å². The average Bonchev–Trinajstić information content (AvgIpc) is 3.13. The molecule has 0 amide bonds. The fraction of sp³-hybridized carbons (Fsp3) is 0.250. The van der Waals surface area contributed by atoms with Gasteiger partial charge in [0.25, 0.3) is 0 Å². The Balaban J connectivity index is 1.72. The predicted molar refractivity (Wildman–Crippen MR) is 105 cm³/mol. The van der Waals surface area contributed by atoms with Crippen molar-refractivity contribution in [3.8, 4) is 0 Å². The normalized spacial score (nSPS) is 11.4. The molecule has 3 aromatic rings. The molecule has 0 bridgehead atoms. The van der Waals surface area contributed by atoms with Crippen LogP contribution in [-0.2, 0) is 19.6 Å². The average molecular weight is 348 g/mol. The second-order valence-electron chi connectivity index (χ2n) is 6.03. The van der Waals surface area contributed by atoms with Crippen LogP contribution in [0.15, 0.2) is 65.9 Å². The molecule has 0 aliphatic rings. The van der Waals surface area contributed by atoms with Crippen molar-refractivity contribution in [3.63, 3.8) is 0 Å². The Morgan fingerprint density at radius 3 is 2.58 bits per heavy atom. The Kier molecular flexibility index (Phi) is 5.98. The largest absolute Gasteiger partial charge is 0.349 e. The smallest absolute Gasteiger partial charge is 0.196 e. The van der Waals surface area contributed by atoms with Gasteiger partial charge in [-0.1, -0.05) is 48.0 Å². The molecule has 1 aromatic heterocycles. The SMILES string of the molecule is CCn1cnnc1CNC(=NCc1ccc(C)cc1)Nc1ccccc1. The lowest BCUT2D eigenvalue weighted by Gasteiger charge is -2.13. The van der Waals surface area contributed by atoms with Gasteiger partial charge in [-0.05, 0) is 31.5 Å². The number of nitrogens with one attached hydrogen (secondary N) is 2. The Hall–Kier alpha value is -3.15. The summed E-state index contributed by atoms with van der Waals surface area (Å²) in [6.45, 7) is 6.15. The maximum atomic E-state index is 4.71. The first-order chi connectivity index (χ1) is 12.7. The van der Waals surface area contributed by atoms with Gasteiger partial charge in [0.2, 0.25) is 0 Å². The van der Waals surface area contributed by atoms with E-state index in [1.54, 1.807) is 6.33 Å². The van der Waals surface area contributed by atoms with Crippen molar-refractivity contribution in [2.75, 3.05) is 5.32 Å². The summed E-state index contributed by atoms with van der Waals surface area (Å²) in [4.78, 5) is 4.71. The molecule has 0 aliphatic carbocycles. The van der Waals surface area contributed by atoms with Gasteiger partial charge < -0.3 is 15.2 Å². The van der Waals surface area contributed by atoms with E-state index < -0.39 is 0 Å². The van der Waals surface area contributed by atoms with E-state index in [1.165, 1.54) is 11.1 Å². The van der Waals surface area contributed by atoms with Crippen LogP contribution in [0.4, 0.5) is 5.69 Å². The number of guanidine groups is 1. The number of aromatic nitrogens is 3. The van der Waals surface area contributed by atoms with Crippen LogP contribution in [0.25, 0.3) is 0 Å². The number of para-hydroxylation sites is 1. The fourth-order valence-electron chi connectivity index (χ4n) is 2.50. The van der Waals surface area contributed by atoms with Crippen LogP contribution in [0.2, 0.25) is 0 Å². The van der Waals surface area contributed by atoms with Crippen LogP contribution in [0.1, 0.15) is 23.9 Å². The minimum atomic E-state index is 0.556. The number of anilines is 1. The molecule has 0 atom stereocenters. The quantitative estimate of drug-likeness (QED) is 0.529. The third-order valence-electron chi connectivity index (χ3n) is 4.03. The summed E-state index contributed by atoms with van der Waals surface area (Å²) in [5.74, 6) is 1.59. The Morgan fingerprint density at radius 2 is 1.85 bits per heavy atom. The summed E-state index contributed by atoms with van der Waals surface area (Å²) in [7, 11) is 0. The Bertz CT molecular complexity index is 836. The van der Waals surface area contributed by atoms with E-state index in [1.807, 2.05) is 34.9 Å². The standard InChI is InChI=1S/C20H24N6/c1-3-26-15-23-25-19(26)14-22-20(24-18-7-5-4-6-8-18)21-13-17-11-9-16(2)10-12-17/h4-12,15H,3,13-14H2,1-2H3,(H2,21,22,24). The highest BCUT2D eigenvalue weighted by Crippen LogP contribution is 2.07. The van der Waals surface area contributed by atoms with Crippen molar-refractivity contribution >= 4 is 11.6 Å². The van der Waals surface area contributed by atoms with Gasteiger partial charge in [-0.25, -0.2) is 4.99 Å². The summed E-state index contributed by atoms with van der Waals surface area (Å²) >= 11 is 0. The molecule has 2 aromatic carbocycles. The number of nitrogens with zero attached hydrogens (tertiary/aromatic N) is 4. The zero-order chi connectivity index (χ0) is 18.2. The second-order valence-corrected chi connectivity index (χ2v) is 6.03. The van der Waals surface area contributed by atoms with Crippen molar-refractivity contribution < 1.29 is 0 Å². The molecule has 0 unspecified atom stereocenters. The summed E-state index contributed by atoms with van der Waals surface area (Å²) in [6.07, 6.45) is 1.74. The molecule has 0 saturated carbocycles. The van der Waals surface area contributed by atoms with Gasteiger partial charge in [0.1, 0.15) is 6.33 Å². The van der Waals surface area contributed by atoms with Gasteiger partial charge in [-0.2, -0.15) is 0 Å². The van der Waals surface area contributed by atoms with Gasteiger partial charge in [-0.3, -0.25) is 0 Å². The van der Waals surface area contributed by atoms with E-state index >= 15 is 0 Å². The molecule has 6 heteroatoms. The fourth-order valence-corrected chi connectivity index (χ4v) is 2.50. The molecule has 3 rings (SSSR count). The zero-order valence-electron chi connectivity index (χ0n) is 15.2. The second kappa shape index (κ2) is 8.80. The number of aryl methyl sites for hydroxylation is 2. The molecular weight excluding hydrogens is 324 g/mol. The Labute approximate surface area is 154 Å². The summed E-state index contributed by atoms with van der Waals surface area (Å²) in [5.41, 5.74) is 3.40. The molecule has 0 fully saturated rings. The highest BCUT2D eigenvalue weighted by atomic mass is 15.3. The summed E-state index contributed by atoms with van der Waals surface area (Å²) < 4.78 is 2.01. The summed E-state index contributed by atoms with van der Waals surface area (Å²) in [6, 6.07) is 18.4. The van der Waals surface area contributed by atoms with E-state index in [2.05, 4.69) is 58.9 Å². The van der Waals surface area contributed by atoms with Gasteiger partial charge >= 0.3 is 0 Å². The van der Waals surface area contributed by atoms with E-state index in [0.717, 1.165) is 18.1 Å². The van der Waals surface area contributed by atoms with Crippen molar-refractivity contribution in [3.05, 3.63) is 77.9 Å². The molecule has 6 nitrogen and oxygen atoms in total. The lowest BCUT2D eigenvalue weighted by atomic mass is 10.1. The molecule has 0 aliphatic heterocycles. The van der Waals surface area contributed by atoms with Crippen molar-refractivity contribution in [1.29, 1.82) is 0 Å². The number of aliphatic imine (C=N–C) groups is 1. The van der Waals surface area contributed by atoms with Gasteiger partial charge in [0.05, 0.1) is 13.1 Å². The number of hydrogen-bond donors (Lipinski definition) is 2. The highest BCUT2D eigenvalue weighted by Gasteiger charge is 2.05. The maximum Gasteiger partial charge on any atom is 0.196 e. The molecule has 0 spiro atoms. The van der Waals surface area contributed by atoms with E-state index in [0.29, 0.717) is 19.0 Å². The van der Waals surface area contributed by atoms with Gasteiger partial charge in [0, 0.05) is 12.2 Å². The van der Waals surface area contributed by atoms with Crippen LogP contribution >= 0.6 is 0 Å². The first-order valence-electron chi connectivity index (χ1n) is 8.77. The molecule has 134 valence electrons. The first kappa shape index (κ1) is 17.7. The van der Waals surface area contributed by atoms with E-state index in [4.69, 9.17) is 4.99 Å². The predicted octanol–water partition coefficient (Wildman–Crippen LogP) is 3.36. The third-order valence-corrected chi connectivity index (χ3v) is 4.03. The molecule has 2 N–H and O–H groups in total. The van der Waals surface area contributed by atoms with Crippen molar-refractivity contribution in [1.82, 2.24) is 20.1 Å². The zero-order valence-corrected chi connectivity index (χ0v) is 15.2. The number of hydrogen-bond acceptors (Lipinski definition) is 3. The molecule has 0 radical (unpaired) electrons. The lowest BCUT2D eigenvalue weighted by Crippen LogP contribution is -2.31. The van der Waals surface area contributed by atoms with Gasteiger partial charge in [-0.15, -0.1) is 10.2 Å². The summed E-state index contributed by atoms with van der Waals surface area (Å²) in [5, 5.41) is 14.8. The van der Waals surface area contributed by atoms with Crippen LogP contribution in [-0.4, -0.2) is 20.7 Å². The molecular formula is C20H24N6. The van der Waals surface area contributed by atoms with Crippen molar-refractivity contribution in [2.45, 2.75) is 33.5 Å².